The maximum atomic E-state index is 13.9. The number of rotatable bonds is 4. The zero-order chi connectivity index (χ0) is 17.9. The number of benzene rings is 1. The SMILES string of the molecule is OC12CC3CC(CC(C1)C3C1CCCN1)[C@H]2OCc1ccc(F)cc1F. The fraction of sp³-hybridized carbons (Fsp3) is 0.714. The van der Waals surface area contributed by atoms with Crippen molar-refractivity contribution in [2.75, 3.05) is 6.54 Å². The van der Waals surface area contributed by atoms with Crippen LogP contribution in [-0.4, -0.2) is 29.4 Å². The maximum Gasteiger partial charge on any atom is 0.131 e. The Bertz CT molecular complexity index is 675. The van der Waals surface area contributed by atoms with Crippen LogP contribution < -0.4 is 5.32 Å². The molecule has 5 aliphatic rings. The Morgan fingerprint density at radius 3 is 2.54 bits per heavy atom. The second kappa shape index (κ2) is 6.25. The molecule has 5 fully saturated rings. The molecule has 1 heterocycles. The number of nitrogens with one attached hydrogen (secondary N) is 1. The summed E-state index contributed by atoms with van der Waals surface area (Å²) in [4.78, 5) is 0. The molecule has 1 aromatic carbocycles. The second-order valence-corrected chi connectivity index (χ2v) is 9.01. The fourth-order valence-corrected chi connectivity index (χ4v) is 6.73. The van der Waals surface area contributed by atoms with Crippen molar-refractivity contribution in [2.24, 2.45) is 23.7 Å². The molecular weight excluding hydrogens is 336 g/mol. The van der Waals surface area contributed by atoms with Gasteiger partial charge in [0.25, 0.3) is 0 Å². The van der Waals surface area contributed by atoms with Gasteiger partial charge < -0.3 is 15.2 Å². The van der Waals surface area contributed by atoms with Gasteiger partial charge in [-0.1, -0.05) is 6.07 Å². The lowest BCUT2D eigenvalue weighted by Crippen LogP contribution is -2.65. The molecular formula is C21H27F2NO2. The lowest BCUT2D eigenvalue weighted by atomic mass is 9.47. The van der Waals surface area contributed by atoms with Crippen LogP contribution in [0.1, 0.15) is 44.1 Å². The Labute approximate surface area is 153 Å². The molecule has 4 bridgehead atoms. The van der Waals surface area contributed by atoms with E-state index in [0.717, 1.165) is 38.3 Å². The molecule has 0 radical (unpaired) electrons. The largest absolute Gasteiger partial charge is 0.387 e. The van der Waals surface area contributed by atoms with Gasteiger partial charge in [-0.3, -0.25) is 0 Å². The summed E-state index contributed by atoms with van der Waals surface area (Å²) in [5.41, 5.74) is -0.417. The van der Waals surface area contributed by atoms with Gasteiger partial charge in [-0.15, -0.1) is 0 Å². The number of hydrogen-bond acceptors (Lipinski definition) is 3. The van der Waals surface area contributed by atoms with Crippen LogP contribution >= 0.6 is 0 Å². The van der Waals surface area contributed by atoms with Crippen molar-refractivity contribution in [3.8, 4) is 0 Å². The van der Waals surface area contributed by atoms with Gasteiger partial charge in [-0.25, -0.2) is 8.78 Å². The summed E-state index contributed by atoms with van der Waals surface area (Å²) in [6, 6.07) is 4.21. The van der Waals surface area contributed by atoms with E-state index < -0.39 is 17.2 Å². The first-order chi connectivity index (χ1) is 12.5. The quantitative estimate of drug-likeness (QED) is 0.862. The van der Waals surface area contributed by atoms with Gasteiger partial charge in [0.1, 0.15) is 11.6 Å². The van der Waals surface area contributed by atoms with Crippen LogP contribution in [0.3, 0.4) is 0 Å². The topological polar surface area (TPSA) is 41.5 Å². The smallest absolute Gasteiger partial charge is 0.131 e. The molecule has 4 atom stereocenters. The van der Waals surface area contributed by atoms with Crippen LogP contribution in [0.2, 0.25) is 0 Å². The summed E-state index contributed by atoms with van der Waals surface area (Å²) in [5.74, 6) is 1.06. The van der Waals surface area contributed by atoms with E-state index >= 15 is 0 Å². The highest BCUT2D eigenvalue weighted by Crippen LogP contribution is 2.60. The average Bonchev–Trinajstić information content (AvgIpc) is 3.09. The summed E-state index contributed by atoms with van der Waals surface area (Å²) < 4.78 is 33.0. The first-order valence-corrected chi connectivity index (χ1v) is 10.0. The number of hydrogen-bond donors (Lipinski definition) is 2. The van der Waals surface area contributed by atoms with Gasteiger partial charge in [0, 0.05) is 17.7 Å². The molecule has 3 unspecified atom stereocenters. The summed E-state index contributed by atoms with van der Waals surface area (Å²) in [6.07, 6.45) is 6.14. The predicted octanol–water partition coefficient (Wildman–Crippen LogP) is 3.40. The molecule has 4 saturated carbocycles. The third-order valence-corrected chi connectivity index (χ3v) is 7.49. The number of halogens is 2. The molecule has 0 aromatic heterocycles. The first kappa shape index (κ1) is 17.1. The highest BCUT2D eigenvalue weighted by atomic mass is 19.1. The molecule has 3 nitrogen and oxygen atoms in total. The molecule has 1 aliphatic heterocycles. The van der Waals surface area contributed by atoms with Crippen molar-refractivity contribution < 1.29 is 18.6 Å². The Morgan fingerprint density at radius 2 is 1.92 bits per heavy atom. The lowest BCUT2D eigenvalue weighted by Gasteiger charge is -2.62. The second-order valence-electron chi connectivity index (χ2n) is 9.01. The van der Waals surface area contributed by atoms with Gasteiger partial charge in [-0.05, 0) is 74.8 Å². The molecule has 0 amide bonds. The highest BCUT2D eigenvalue weighted by Gasteiger charge is 2.61. The summed E-state index contributed by atoms with van der Waals surface area (Å²) in [6.45, 7) is 1.22. The Balaban J connectivity index is 1.30. The minimum Gasteiger partial charge on any atom is -0.387 e. The van der Waals surface area contributed by atoms with E-state index in [9.17, 15) is 13.9 Å². The van der Waals surface area contributed by atoms with E-state index in [4.69, 9.17) is 4.74 Å². The van der Waals surface area contributed by atoms with E-state index in [-0.39, 0.29) is 12.7 Å². The molecule has 2 N–H and O–H groups in total. The normalized spacial score (nSPS) is 44.0. The molecule has 26 heavy (non-hydrogen) atoms. The Kier molecular flexibility index (Phi) is 4.11. The van der Waals surface area contributed by atoms with Crippen LogP contribution in [-0.2, 0) is 11.3 Å². The summed E-state index contributed by atoms with van der Waals surface area (Å²) in [5, 5.41) is 15.0. The van der Waals surface area contributed by atoms with E-state index in [1.807, 2.05) is 0 Å². The van der Waals surface area contributed by atoms with Gasteiger partial charge in [0.15, 0.2) is 0 Å². The minimum atomic E-state index is -0.776. The van der Waals surface area contributed by atoms with Gasteiger partial charge >= 0.3 is 0 Å². The Morgan fingerprint density at radius 1 is 1.15 bits per heavy atom. The van der Waals surface area contributed by atoms with Crippen LogP contribution in [0.4, 0.5) is 8.78 Å². The van der Waals surface area contributed by atoms with Crippen LogP contribution in [0.25, 0.3) is 0 Å². The fourth-order valence-electron chi connectivity index (χ4n) is 6.73. The third-order valence-electron chi connectivity index (χ3n) is 7.49. The van der Waals surface area contributed by atoms with Crippen LogP contribution in [0.15, 0.2) is 18.2 Å². The molecule has 1 aromatic rings. The van der Waals surface area contributed by atoms with E-state index in [0.29, 0.717) is 35.3 Å². The van der Waals surface area contributed by atoms with E-state index in [1.165, 1.54) is 25.0 Å². The van der Waals surface area contributed by atoms with Crippen LogP contribution in [0, 0.1) is 35.3 Å². The standard InChI is InChI=1S/C21H27F2NO2/c22-16-4-3-12(17(23)8-16)11-26-20-13-6-14-9-21(20,25)10-15(7-13)19(14)18-2-1-5-24-18/h3-4,8,13-15,18-20,24-25H,1-2,5-7,9-11H2/t13?,14?,15?,18?,19?,20-,21?/m1/s1. The van der Waals surface area contributed by atoms with Crippen molar-refractivity contribution in [2.45, 2.75) is 62.9 Å². The van der Waals surface area contributed by atoms with Crippen molar-refractivity contribution in [1.29, 1.82) is 0 Å². The lowest BCUT2D eigenvalue weighted by molar-refractivity contribution is -0.243. The monoisotopic (exact) mass is 363 g/mol. The number of ether oxygens (including phenoxy) is 1. The minimum absolute atomic E-state index is 0.0958. The molecule has 142 valence electrons. The van der Waals surface area contributed by atoms with Gasteiger partial charge in [0.2, 0.25) is 0 Å². The highest BCUT2D eigenvalue weighted by molar-refractivity contribution is 5.18. The van der Waals surface area contributed by atoms with Crippen molar-refractivity contribution in [1.82, 2.24) is 5.32 Å². The molecule has 6 rings (SSSR count). The van der Waals surface area contributed by atoms with E-state index in [1.54, 1.807) is 0 Å². The molecule has 1 saturated heterocycles. The van der Waals surface area contributed by atoms with Crippen LogP contribution in [0.5, 0.6) is 0 Å². The first-order valence-electron chi connectivity index (χ1n) is 10.0. The number of aliphatic hydroxyl groups is 1. The molecule has 5 heteroatoms. The van der Waals surface area contributed by atoms with Crippen molar-refractivity contribution in [3.63, 3.8) is 0 Å². The average molecular weight is 363 g/mol. The van der Waals surface area contributed by atoms with Crippen molar-refractivity contribution >= 4 is 0 Å². The summed E-state index contributed by atoms with van der Waals surface area (Å²) in [7, 11) is 0. The van der Waals surface area contributed by atoms with Crippen molar-refractivity contribution in [3.05, 3.63) is 35.4 Å². The zero-order valence-electron chi connectivity index (χ0n) is 15.0. The third kappa shape index (κ3) is 2.71. The predicted molar refractivity (Wildman–Crippen MR) is 93.3 cm³/mol. The maximum absolute atomic E-state index is 13.9. The molecule has 0 spiro atoms. The summed E-state index contributed by atoms with van der Waals surface area (Å²) >= 11 is 0. The van der Waals surface area contributed by atoms with Gasteiger partial charge in [0.05, 0.1) is 18.3 Å². The van der Waals surface area contributed by atoms with E-state index in [2.05, 4.69) is 5.32 Å². The van der Waals surface area contributed by atoms with Gasteiger partial charge in [-0.2, -0.15) is 0 Å². The Hall–Kier alpha value is -1.04. The molecule has 4 aliphatic carbocycles. The zero-order valence-corrected chi connectivity index (χ0v) is 15.0.